The number of nitrogens with zero attached hydrogens (tertiary/aromatic N) is 3. The molecule has 0 saturated carbocycles. The van der Waals surface area contributed by atoms with Crippen molar-refractivity contribution in [1.29, 1.82) is 0 Å². The van der Waals surface area contributed by atoms with Crippen LogP contribution in [0.25, 0.3) is 22.6 Å². The summed E-state index contributed by atoms with van der Waals surface area (Å²) < 4.78 is 13.3. The Balaban J connectivity index is 1.60. The molecule has 1 aromatic carbocycles. The molecular formula is C21H21FN4O. The molecule has 3 heterocycles. The van der Waals surface area contributed by atoms with Gasteiger partial charge in [0.2, 0.25) is 0 Å². The van der Waals surface area contributed by atoms with Gasteiger partial charge in [0.05, 0.1) is 5.69 Å². The number of aromatic amines is 1. The standard InChI is InChI=1S/C21H21FN4O/c22-18-6-10-26(11-7-18)14-15-2-1-3-17(12-15)21-24-19(13-20(27)25-21)16-4-8-23-9-5-16/h1-5,8-9,12-13,18H,6-7,10-11,14H2,(H,24,25,27). The van der Waals surface area contributed by atoms with Crippen LogP contribution in [0.5, 0.6) is 0 Å². The molecule has 0 radical (unpaired) electrons. The second-order valence-electron chi connectivity index (χ2n) is 6.87. The third kappa shape index (κ3) is 4.28. The first-order chi connectivity index (χ1) is 13.2. The Hall–Kier alpha value is -2.86. The topological polar surface area (TPSA) is 61.9 Å². The molecule has 0 aliphatic carbocycles. The highest BCUT2D eigenvalue weighted by molar-refractivity contribution is 5.63. The fourth-order valence-electron chi connectivity index (χ4n) is 3.40. The molecule has 0 spiro atoms. The lowest BCUT2D eigenvalue weighted by molar-refractivity contribution is 0.145. The summed E-state index contributed by atoms with van der Waals surface area (Å²) in [6.45, 7) is 2.32. The zero-order valence-corrected chi connectivity index (χ0v) is 14.9. The van der Waals surface area contributed by atoms with Gasteiger partial charge in [0.15, 0.2) is 0 Å². The molecule has 6 heteroatoms. The Bertz CT molecular complexity index is 965. The maximum absolute atomic E-state index is 13.3. The summed E-state index contributed by atoms with van der Waals surface area (Å²) in [5, 5.41) is 0. The molecule has 4 rings (SSSR count). The van der Waals surface area contributed by atoms with Crippen LogP contribution in [-0.2, 0) is 6.54 Å². The smallest absolute Gasteiger partial charge is 0.251 e. The Morgan fingerprint density at radius 3 is 2.63 bits per heavy atom. The third-order valence-electron chi connectivity index (χ3n) is 4.84. The van der Waals surface area contributed by atoms with Gasteiger partial charge in [-0.1, -0.05) is 18.2 Å². The van der Waals surface area contributed by atoms with E-state index < -0.39 is 6.17 Å². The van der Waals surface area contributed by atoms with Crippen LogP contribution in [-0.4, -0.2) is 39.1 Å². The highest BCUT2D eigenvalue weighted by Gasteiger charge is 2.18. The molecule has 2 aromatic heterocycles. The molecule has 0 atom stereocenters. The van der Waals surface area contributed by atoms with Gasteiger partial charge in [0.1, 0.15) is 12.0 Å². The van der Waals surface area contributed by atoms with Crippen molar-refractivity contribution >= 4 is 0 Å². The first-order valence-corrected chi connectivity index (χ1v) is 9.15. The van der Waals surface area contributed by atoms with Gasteiger partial charge in [-0.25, -0.2) is 9.37 Å². The summed E-state index contributed by atoms with van der Waals surface area (Å²) in [5.74, 6) is 0.540. The maximum Gasteiger partial charge on any atom is 0.251 e. The molecular weight excluding hydrogens is 343 g/mol. The number of likely N-dealkylation sites (tertiary alicyclic amines) is 1. The second-order valence-corrected chi connectivity index (χ2v) is 6.87. The summed E-state index contributed by atoms with van der Waals surface area (Å²) in [6.07, 6.45) is 3.89. The Labute approximate surface area is 156 Å². The van der Waals surface area contributed by atoms with E-state index >= 15 is 0 Å². The molecule has 138 valence electrons. The third-order valence-corrected chi connectivity index (χ3v) is 4.84. The summed E-state index contributed by atoms with van der Waals surface area (Å²) in [6, 6.07) is 13.1. The predicted octanol–water partition coefficient (Wildman–Crippen LogP) is 3.43. The van der Waals surface area contributed by atoms with Crippen molar-refractivity contribution in [3.63, 3.8) is 0 Å². The molecule has 5 nitrogen and oxygen atoms in total. The van der Waals surface area contributed by atoms with Crippen LogP contribution in [0.1, 0.15) is 18.4 Å². The molecule has 1 N–H and O–H groups in total. The van der Waals surface area contributed by atoms with Crippen LogP contribution < -0.4 is 5.56 Å². The number of pyridine rings is 1. The first kappa shape index (κ1) is 17.5. The zero-order valence-electron chi connectivity index (χ0n) is 14.9. The average molecular weight is 364 g/mol. The van der Waals surface area contributed by atoms with Crippen LogP contribution in [0.4, 0.5) is 4.39 Å². The van der Waals surface area contributed by atoms with E-state index in [-0.39, 0.29) is 5.56 Å². The monoisotopic (exact) mass is 364 g/mol. The van der Waals surface area contributed by atoms with Gasteiger partial charge in [-0.3, -0.25) is 14.7 Å². The Morgan fingerprint density at radius 2 is 1.85 bits per heavy atom. The van der Waals surface area contributed by atoms with Gasteiger partial charge < -0.3 is 4.98 Å². The van der Waals surface area contributed by atoms with Gasteiger partial charge in [0, 0.05) is 49.2 Å². The van der Waals surface area contributed by atoms with E-state index in [0.717, 1.165) is 36.3 Å². The van der Waals surface area contributed by atoms with Crippen LogP contribution in [0.3, 0.4) is 0 Å². The van der Waals surface area contributed by atoms with Crippen molar-refractivity contribution < 1.29 is 4.39 Å². The van der Waals surface area contributed by atoms with Gasteiger partial charge in [0.25, 0.3) is 5.56 Å². The number of alkyl halides is 1. The summed E-state index contributed by atoms with van der Waals surface area (Å²) in [5.41, 5.74) is 3.26. The molecule has 1 saturated heterocycles. The number of aromatic nitrogens is 3. The zero-order chi connectivity index (χ0) is 18.6. The molecule has 1 aliphatic rings. The van der Waals surface area contributed by atoms with Crippen LogP contribution in [0.2, 0.25) is 0 Å². The first-order valence-electron chi connectivity index (χ1n) is 9.15. The van der Waals surface area contributed by atoms with E-state index in [1.165, 1.54) is 6.07 Å². The van der Waals surface area contributed by atoms with E-state index in [1.807, 2.05) is 30.3 Å². The van der Waals surface area contributed by atoms with Crippen LogP contribution >= 0.6 is 0 Å². The molecule has 0 amide bonds. The van der Waals surface area contributed by atoms with Crippen LogP contribution in [0.15, 0.2) is 59.7 Å². The summed E-state index contributed by atoms with van der Waals surface area (Å²) in [7, 11) is 0. The minimum atomic E-state index is -0.669. The summed E-state index contributed by atoms with van der Waals surface area (Å²) >= 11 is 0. The number of piperidine rings is 1. The van der Waals surface area contributed by atoms with Crippen molar-refractivity contribution in [1.82, 2.24) is 19.9 Å². The number of hydrogen-bond acceptors (Lipinski definition) is 4. The van der Waals surface area contributed by atoms with E-state index in [2.05, 4.69) is 25.9 Å². The Morgan fingerprint density at radius 1 is 1.07 bits per heavy atom. The molecule has 27 heavy (non-hydrogen) atoms. The minimum Gasteiger partial charge on any atom is -0.306 e. The number of hydrogen-bond donors (Lipinski definition) is 1. The lowest BCUT2D eigenvalue weighted by atomic mass is 10.1. The number of halogens is 1. The molecule has 1 aliphatic heterocycles. The number of H-pyrrole nitrogens is 1. The fourth-order valence-corrected chi connectivity index (χ4v) is 3.40. The largest absolute Gasteiger partial charge is 0.306 e. The SMILES string of the molecule is O=c1cc(-c2ccncc2)nc(-c2cccc(CN3CCC(F)CC3)c2)[nH]1. The molecule has 3 aromatic rings. The lowest BCUT2D eigenvalue weighted by Gasteiger charge is -2.28. The average Bonchev–Trinajstić information content (AvgIpc) is 2.70. The van der Waals surface area contributed by atoms with Gasteiger partial charge in [-0.2, -0.15) is 0 Å². The van der Waals surface area contributed by atoms with E-state index in [4.69, 9.17) is 0 Å². The van der Waals surface area contributed by atoms with Gasteiger partial charge in [-0.15, -0.1) is 0 Å². The van der Waals surface area contributed by atoms with E-state index in [1.54, 1.807) is 12.4 Å². The number of rotatable bonds is 4. The predicted molar refractivity (Wildman–Crippen MR) is 103 cm³/mol. The minimum absolute atomic E-state index is 0.192. The normalized spacial score (nSPS) is 15.7. The fraction of sp³-hybridized carbons (Fsp3) is 0.286. The van der Waals surface area contributed by atoms with Gasteiger partial charge in [-0.05, 0) is 36.6 Å². The van der Waals surface area contributed by atoms with Crippen molar-refractivity contribution in [2.45, 2.75) is 25.6 Å². The van der Waals surface area contributed by atoms with Crippen molar-refractivity contribution in [2.75, 3.05) is 13.1 Å². The van der Waals surface area contributed by atoms with E-state index in [0.29, 0.717) is 24.4 Å². The second kappa shape index (κ2) is 7.80. The van der Waals surface area contributed by atoms with Gasteiger partial charge >= 0.3 is 0 Å². The molecule has 0 unspecified atom stereocenters. The molecule has 1 fully saturated rings. The lowest BCUT2D eigenvalue weighted by Crippen LogP contribution is -2.33. The number of benzene rings is 1. The quantitative estimate of drug-likeness (QED) is 0.770. The number of nitrogens with one attached hydrogen (secondary N) is 1. The Kier molecular flexibility index (Phi) is 5.07. The maximum atomic E-state index is 13.3. The van der Waals surface area contributed by atoms with E-state index in [9.17, 15) is 9.18 Å². The molecule has 0 bridgehead atoms. The highest BCUT2D eigenvalue weighted by atomic mass is 19.1. The van der Waals surface area contributed by atoms with Crippen molar-refractivity contribution in [3.05, 3.63) is 70.8 Å². The van der Waals surface area contributed by atoms with Crippen LogP contribution in [0, 0.1) is 0 Å². The summed E-state index contributed by atoms with van der Waals surface area (Å²) in [4.78, 5) is 25.9. The van der Waals surface area contributed by atoms with Crippen molar-refractivity contribution in [3.8, 4) is 22.6 Å². The van der Waals surface area contributed by atoms with Crippen molar-refractivity contribution in [2.24, 2.45) is 0 Å². The highest BCUT2D eigenvalue weighted by Crippen LogP contribution is 2.22.